The summed E-state index contributed by atoms with van der Waals surface area (Å²) in [5.74, 6) is 2.58. The molecule has 23 heavy (non-hydrogen) atoms. The van der Waals surface area contributed by atoms with Crippen LogP contribution >= 0.6 is 0 Å². The Labute approximate surface area is 140 Å². The molecule has 1 aliphatic carbocycles. The molecule has 0 radical (unpaired) electrons. The third kappa shape index (κ3) is 4.80. The molecule has 0 aromatic carbocycles. The number of anilines is 2. The fourth-order valence-corrected chi connectivity index (χ4v) is 4.04. The predicted octanol–water partition coefficient (Wildman–Crippen LogP) is 3.28. The second-order valence-electron chi connectivity index (χ2n) is 7.22. The van der Waals surface area contributed by atoms with Crippen LogP contribution in [0.5, 0.6) is 0 Å². The van der Waals surface area contributed by atoms with Gasteiger partial charge in [-0.15, -0.1) is 0 Å². The van der Waals surface area contributed by atoms with Crippen LogP contribution in [0, 0.1) is 12.8 Å². The Hall–Kier alpha value is -1.36. The minimum Gasteiger partial charge on any atom is -0.366 e. The number of aryl methyl sites for hydroxylation is 1. The fraction of sp³-hybridized carbons (Fsp3) is 0.778. The number of nitrogens with one attached hydrogen (secondary N) is 2. The molecule has 0 unspecified atom stereocenters. The first kappa shape index (κ1) is 16.5. The van der Waals surface area contributed by atoms with Crippen molar-refractivity contribution in [3.63, 3.8) is 0 Å². The Bertz CT molecular complexity index is 498. The molecule has 5 heteroatoms. The Morgan fingerprint density at radius 1 is 1.13 bits per heavy atom. The van der Waals surface area contributed by atoms with E-state index in [1.54, 1.807) is 0 Å². The van der Waals surface area contributed by atoms with Crippen LogP contribution in [0.2, 0.25) is 0 Å². The molecule has 2 fully saturated rings. The van der Waals surface area contributed by atoms with Crippen molar-refractivity contribution in [1.82, 2.24) is 14.9 Å². The third-order valence-electron chi connectivity index (χ3n) is 5.18. The van der Waals surface area contributed by atoms with Crippen LogP contribution in [0.4, 0.5) is 11.8 Å². The van der Waals surface area contributed by atoms with Gasteiger partial charge in [0.1, 0.15) is 5.82 Å². The lowest BCUT2D eigenvalue weighted by Crippen LogP contribution is -2.44. The van der Waals surface area contributed by atoms with Gasteiger partial charge in [-0.25, -0.2) is 4.98 Å². The fourth-order valence-electron chi connectivity index (χ4n) is 4.04. The molecule has 0 amide bonds. The molecule has 0 spiro atoms. The summed E-state index contributed by atoms with van der Waals surface area (Å²) in [4.78, 5) is 11.6. The molecular weight excluding hydrogens is 286 g/mol. The number of rotatable bonds is 5. The molecule has 0 bridgehead atoms. The van der Waals surface area contributed by atoms with Crippen molar-refractivity contribution < 1.29 is 0 Å². The topological polar surface area (TPSA) is 53.1 Å². The Kier molecular flexibility index (Phi) is 5.70. The van der Waals surface area contributed by atoms with Crippen molar-refractivity contribution in [2.45, 2.75) is 57.9 Å². The zero-order chi connectivity index (χ0) is 16.1. The molecule has 3 rings (SSSR count). The van der Waals surface area contributed by atoms with Gasteiger partial charge in [-0.2, -0.15) is 4.98 Å². The highest BCUT2D eigenvalue weighted by atomic mass is 15.2. The van der Waals surface area contributed by atoms with Crippen LogP contribution in [0.15, 0.2) is 6.07 Å². The van der Waals surface area contributed by atoms with E-state index in [2.05, 4.69) is 25.5 Å². The van der Waals surface area contributed by atoms with E-state index in [0.29, 0.717) is 12.0 Å². The maximum absolute atomic E-state index is 4.54. The second-order valence-corrected chi connectivity index (χ2v) is 7.22. The Balaban J connectivity index is 1.54. The highest BCUT2D eigenvalue weighted by Crippen LogP contribution is 2.26. The van der Waals surface area contributed by atoms with Crippen molar-refractivity contribution in [3.8, 4) is 0 Å². The molecule has 128 valence electrons. The maximum Gasteiger partial charge on any atom is 0.224 e. The third-order valence-corrected chi connectivity index (χ3v) is 5.18. The van der Waals surface area contributed by atoms with E-state index >= 15 is 0 Å². The van der Waals surface area contributed by atoms with Gasteiger partial charge in [-0.05, 0) is 45.1 Å². The molecule has 1 saturated carbocycles. The first-order valence-corrected chi connectivity index (χ1v) is 9.25. The quantitative estimate of drug-likeness (QED) is 0.873. The number of hydrogen-bond donors (Lipinski definition) is 2. The Morgan fingerprint density at radius 3 is 2.74 bits per heavy atom. The number of piperidine rings is 1. The molecule has 2 aliphatic rings. The summed E-state index contributed by atoms with van der Waals surface area (Å²) in [7, 11) is 1.87. The molecule has 1 aromatic heterocycles. The number of nitrogens with zero attached hydrogens (tertiary/aromatic N) is 3. The van der Waals surface area contributed by atoms with Gasteiger partial charge in [0.2, 0.25) is 5.95 Å². The smallest absolute Gasteiger partial charge is 0.224 e. The van der Waals surface area contributed by atoms with E-state index in [9.17, 15) is 0 Å². The van der Waals surface area contributed by atoms with E-state index in [1.165, 1.54) is 58.0 Å². The number of aromatic nitrogens is 2. The van der Waals surface area contributed by atoms with Crippen LogP contribution in [0.3, 0.4) is 0 Å². The highest BCUT2D eigenvalue weighted by molar-refractivity contribution is 5.42. The summed E-state index contributed by atoms with van der Waals surface area (Å²) in [6.07, 6.45) is 9.71. The van der Waals surface area contributed by atoms with Crippen molar-refractivity contribution in [2.24, 2.45) is 5.92 Å². The van der Waals surface area contributed by atoms with Crippen molar-refractivity contribution in [1.29, 1.82) is 0 Å². The molecule has 5 nitrogen and oxygen atoms in total. The minimum atomic E-state index is 0.506. The lowest BCUT2D eigenvalue weighted by Gasteiger charge is -2.36. The van der Waals surface area contributed by atoms with Crippen LogP contribution in [-0.4, -0.2) is 47.6 Å². The predicted molar refractivity (Wildman–Crippen MR) is 96.0 cm³/mol. The summed E-state index contributed by atoms with van der Waals surface area (Å²) in [5, 5.41) is 6.67. The average Bonchev–Trinajstić information content (AvgIpc) is 2.55. The van der Waals surface area contributed by atoms with Gasteiger partial charge in [0, 0.05) is 37.9 Å². The zero-order valence-electron chi connectivity index (χ0n) is 14.6. The molecular formula is C18H31N5. The van der Waals surface area contributed by atoms with Crippen molar-refractivity contribution >= 4 is 11.8 Å². The van der Waals surface area contributed by atoms with Gasteiger partial charge < -0.3 is 15.5 Å². The standard InChI is InChI=1S/C18H31N5/c1-14-11-17(22-18(19-2)20-14)21-16-9-6-10-23(13-16)12-15-7-4-3-5-8-15/h11,15-16H,3-10,12-13H2,1-2H3,(H2,19,20,21,22)/t16-/m1/s1. The average molecular weight is 317 g/mol. The van der Waals surface area contributed by atoms with Crippen LogP contribution in [0.1, 0.15) is 50.6 Å². The SMILES string of the molecule is CNc1nc(C)cc(N[C@@H]2CCCN(CC3CCCCC3)C2)n1. The normalized spacial score (nSPS) is 23.7. The van der Waals surface area contributed by atoms with Gasteiger partial charge in [0.25, 0.3) is 0 Å². The molecule has 1 aromatic rings. The lowest BCUT2D eigenvalue weighted by molar-refractivity contribution is 0.166. The van der Waals surface area contributed by atoms with Gasteiger partial charge in [-0.3, -0.25) is 0 Å². The van der Waals surface area contributed by atoms with E-state index in [4.69, 9.17) is 0 Å². The zero-order valence-corrected chi connectivity index (χ0v) is 14.6. The van der Waals surface area contributed by atoms with E-state index < -0.39 is 0 Å². The number of likely N-dealkylation sites (tertiary alicyclic amines) is 1. The summed E-state index contributed by atoms with van der Waals surface area (Å²) in [5.41, 5.74) is 1.00. The van der Waals surface area contributed by atoms with E-state index in [-0.39, 0.29) is 0 Å². The minimum absolute atomic E-state index is 0.506. The summed E-state index contributed by atoms with van der Waals surface area (Å²) in [6, 6.07) is 2.55. The summed E-state index contributed by atoms with van der Waals surface area (Å²) < 4.78 is 0. The molecule has 2 N–H and O–H groups in total. The van der Waals surface area contributed by atoms with Gasteiger partial charge in [-0.1, -0.05) is 19.3 Å². The van der Waals surface area contributed by atoms with Crippen molar-refractivity contribution in [2.75, 3.05) is 37.3 Å². The summed E-state index contributed by atoms with van der Waals surface area (Å²) >= 11 is 0. The largest absolute Gasteiger partial charge is 0.366 e. The van der Waals surface area contributed by atoms with Gasteiger partial charge in [0.05, 0.1) is 0 Å². The van der Waals surface area contributed by atoms with Crippen molar-refractivity contribution in [3.05, 3.63) is 11.8 Å². The molecule has 1 aliphatic heterocycles. The summed E-state index contributed by atoms with van der Waals surface area (Å²) in [6.45, 7) is 5.72. The monoisotopic (exact) mass is 317 g/mol. The first-order chi connectivity index (χ1) is 11.2. The van der Waals surface area contributed by atoms with Crippen LogP contribution in [-0.2, 0) is 0 Å². The lowest BCUT2D eigenvalue weighted by atomic mass is 9.88. The molecule has 1 saturated heterocycles. The van der Waals surface area contributed by atoms with E-state index in [1.807, 2.05) is 20.0 Å². The van der Waals surface area contributed by atoms with E-state index in [0.717, 1.165) is 24.0 Å². The molecule has 2 heterocycles. The van der Waals surface area contributed by atoms with Gasteiger partial charge >= 0.3 is 0 Å². The van der Waals surface area contributed by atoms with Crippen LogP contribution in [0.25, 0.3) is 0 Å². The second kappa shape index (κ2) is 7.95. The maximum atomic E-state index is 4.54. The van der Waals surface area contributed by atoms with Crippen LogP contribution < -0.4 is 10.6 Å². The molecule has 1 atom stereocenters. The Morgan fingerprint density at radius 2 is 1.96 bits per heavy atom. The first-order valence-electron chi connectivity index (χ1n) is 9.25. The highest BCUT2D eigenvalue weighted by Gasteiger charge is 2.23. The number of hydrogen-bond acceptors (Lipinski definition) is 5. The van der Waals surface area contributed by atoms with Gasteiger partial charge in [0.15, 0.2) is 0 Å².